The fraction of sp³-hybridized carbons (Fsp3) is 0.214. The van der Waals surface area contributed by atoms with Crippen LogP contribution >= 0.6 is 11.3 Å². The molecule has 0 aliphatic heterocycles. The first-order valence-corrected chi connectivity index (χ1v) is 6.18. The van der Waals surface area contributed by atoms with Crippen LogP contribution in [0.15, 0.2) is 35.7 Å². The monoisotopic (exact) mass is 230 g/mol. The smallest absolute Gasteiger partial charge is 0.168 e. The van der Waals surface area contributed by atoms with Gasteiger partial charge in [-0.3, -0.25) is 4.79 Å². The van der Waals surface area contributed by atoms with Crippen LogP contribution in [-0.2, 0) is 6.42 Å². The van der Waals surface area contributed by atoms with Crippen molar-refractivity contribution < 1.29 is 4.79 Å². The summed E-state index contributed by atoms with van der Waals surface area (Å²) >= 11 is 1.64. The first kappa shape index (κ1) is 11.1. The van der Waals surface area contributed by atoms with Crippen LogP contribution in [0.3, 0.4) is 0 Å². The van der Waals surface area contributed by atoms with Crippen LogP contribution in [-0.4, -0.2) is 5.78 Å². The highest BCUT2D eigenvalue weighted by Crippen LogP contribution is 2.17. The first-order valence-electron chi connectivity index (χ1n) is 5.30. The predicted octanol–water partition coefficient (Wildman–Crippen LogP) is 3.79. The van der Waals surface area contributed by atoms with E-state index in [1.807, 2.05) is 49.6 Å². The molecule has 0 aliphatic carbocycles. The van der Waals surface area contributed by atoms with E-state index in [1.54, 1.807) is 11.3 Å². The van der Waals surface area contributed by atoms with E-state index >= 15 is 0 Å². The van der Waals surface area contributed by atoms with Crippen LogP contribution in [0.25, 0.3) is 0 Å². The molecule has 0 fully saturated rings. The number of aryl methyl sites for hydroxylation is 1. The van der Waals surface area contributed by atoms with Gasteiger partial charge in [0.1, 0.15) is 0 Å². The van der Waals surface area contributed by atoms with Crippen molar-refractivity contribution in [3.05, 3.63) is 57.3 Å². The van der Waals surface area contributed by atoms with Gasteiger partial charge in [-0.2, -0.15) is 0 Å². The van der Waals surface area contributed by atoms with Crippen LogP contribution in [0.4, 0.5) is 0 Å². The third kappa shape index (κ3) is 2.22. The molecule has 1 aromatic carbocycles. The molecule has 82 valence electrons. The van der Waals surface area contributed by atoms with Gasteiger partial charge in [0.2, 0.25) is 0 Å². The van der Waals surface area contributed by atoms with E-state index in [9.17, 15) is 4.79 Å². The average Bonchev–Trinajstić information content (AvgIpc) is 2.74. The fourth-order valence-electron chi connectivity index (χ4n) is 1.72. The summed E-state index contributed by atoms with van der Waals surface area (Å²) in [5.41, 5.74) is 3.13. The zero-order valence-electron chi connectivity index (χ0n) is 9.49. The minimum Gasteiger partial charge on any atom is -0.294 e. The maximum atomic E-state index is 12.1. The Labute approximate surface area is 99.8 Å². The summed E-state index contributed by atoms with van der Waals surface area (Å²) < 4.78 is 0. The van der Waals surface area contributed by atoms with Crippen molar-refractivity contribution in [3.63, 3.8) is 0 Å². The maximum absolute atomic E-state index is 12.1. The Kier molecular flexibility index (Phi) is 3.20. The molecule has 0 bridgehead atoms. The molecular weight excluding hydrogens is 216 g/mol. The molecule has 2 heteroatoms. The Morgan fingerprint density at radius 1 is 1.19 bits per heavy atom. The van der Waals surface area contributed by atoms with Crippen molar-refractivity contribution in [1.82, 2.24) is 0 Å². The van der Waals surface area contributed by atoms with Gasteiger partial charge in [-0.05, 0) is 36.4 Å². The van der Waals surface area contributed by atoms with Crippen LogP contribution in [0, 0.1) is 13.8 Å². The molecule has 0 unspecified atom stereocenters. The Morgan fingerprint density at radius 3 is 2.69 bits per heavy atom. The van der Waals surface area contributed by atoms with Gasteiger partial charge in [0.05, 0.1) is 0 Å². The van der Waals surface area contributed by atoms with E-state index in [1.165, 1.54) is 5.56 Å². The Hall–Kier alpha value is -1.41. The molecule has 2 aromatic rings. The van der Waals surface area contributed by atoms with Gasteiger partial charge in [-0.25, -0.2) is 0 Å². The summed E-state index contributed by atoms with van der Waals surface area (Å²) in [6.07, 6.45) is 0.516. The normalized spacial score (nSPS) is 10.4. The zero-order valence-corrected chi connectivity index (χ0v) is 10.3. The highest BCUT2D eigenvalue weighted by Gasteiger charge is 2.11. The minimum atomic E-state index is 0.212. The van der Waals surface area contributed by atoms with Crippen molar-refractivity contribution in [1.29, 1.82) is 0 Å². The van der Waals surface area contributed by atoms with Crippen LogP contribution in [0.5, 0.6) is 0 Å². The Balaban J connectivity index is 2.24. The van der Waals surface area contributed by atoms with Gasteiger partial charge in [0, 0.05) is 16.9 Å². The molecule has 0 aliphatic rings. The first-order chi connectivity index (χ1) is 7.68. The SMILES string of the molecule is Cc1cccc(C(=O)Cc2cccs2)c1C. The number of thiophene rings is 1. The lowest BCUT2D eigenvalue weighted by molar-refractivity contribution is 0.0993. The molecule has 0 saturated heterocycles. The third-order valence-electron chi connectivity index (χ3n) is 2.82. The molecular formula is C14H14OS. The van der Waals surface area contributed by atoms with E-state index in [0.29, 0.717) is 6.42 Å². The molecule has 0 radical (unpaired) electrons. The van der Waals surface area contributed by atoms with E-state index < -0.39 is 0 Å². The quantitative estimate of drug-likeness (QED) is 0.733. The minimum absolute atomic E-state index is 0.212. The molecule has 1 aromatic heterocycles. The zero-order chi connectivity index (χ0) is 11.5. The largest absolute Gasteiger partial charge is 0.294 e. The second kappa shape index (κ2) is 4.62. The van der Waals surface area contributed by atoms with E-state index in [0.717, 1.165) is 16.0 Å². The summed E-state index contributed by atoms with van der Waals surface area (Å²) in [4.78, 5) is 13.2. The van der Waals surface area contributed by atoms with Crippen LogP contribution < -0.4 is 0 Å². The lowest BCUT2D eigenvalue weighted by Gasteiger charge is -2.06. The van der Waals surface area contributed by atoms with Crippen molar-refractivity contribution in [2.75, 3.05) is 0 Å². The maximum Gasteiger partial charge on any atom is 0.168 e. The van der Waals surface area contributed by atoms with Gasteiger partial charge in [-0.1, -0.05) is 24.3 Å². The van der Waals surface area contributed by atoms with Crippen molar-refractivity contribution >= 4 is 17.1 Å². The summed E-state index contributed by atoms with van der Waals surface area (Å²) in [5.74, 6) is 0.212. The van der Waals surface area contributed by atoms with E-state index in [4.69, 9.17) is 0 Å². The van der Waals surface area contributed by atoms with Gasteiger partial charge >= 0.3 is 0 Å². The summed E-state index contributed by atoms with van der Waals surface area (Å²) in [7, 11) is 0. The fourth-order valence-corrected chi connectivity index (χ4v) is 2.42. The average molecular weight is 230 g/mol. The number of benzene rings is 1. The molecule has 0 N–H and O–H groups in total. The Bertz CT molecular complexity index is 497. The summed E-state index contributed by atoms with van der Waals surface area (Å²) in [6.45, 7) is 4.05. The second-order valence-corrected chi connectivity index (χ2v) is 4.96. The molecule has 0 atom stereocenters. The van der Waals surface area contributed by atoms with Gasteiger partial charge in [0.15, 0.2) is 5.78 Å². The van der Waals surface area contributed by atoms with Gasteiger partial charge < -0.3 is 0 Å². The van der Waals surface area contributed by atoms with Crippen LogP contribution in [0.2, 0.25) is 0 Å². The lowest BCUT2D eigenvalue weighted by atomic mass is 9.98. The molecule has 1 nitrogen and oxygen atoms in total. The van der Waals surface area contributed by atoms with Gasteiger partial charge in [-0.15, -0.1) is 11.3 Å². The number of carbonyl (C=O) groups is 1. The lowest BCUT2D eigenvalue weighted by Crippen LogP contribution is -2.05. The molecule has 0 amide bonds. The molecule has 1 heterocycles. The Morgan fingerprint density at radius 2 is 2.00 bits per heavy atom. The molecule has 2 rings (SSSR count). The standard InChI is InChI=1S/C14H14OS/c1-10-5-3-7-13(11(10)2)14(15)9-12-6-4-8-16-12/h3-8H,9H2,1-2H3. The van der Waals surface area contributed by atoms with Crippen molar-refractivity contribution in [2.45, 2.75) is 20.3 Å². The number of hydrogen-bond acceptors (Lipinski definition) is 2. The number of Topliss-reactive ketones (excluding diaryl/α,β-unsaturated/α-hetero) is 1. The molecule has 0 saturated carbocycles. The summed E-state index contributed by atoms with van der Waals surface area (Å²) in [6, 6.07) is 9.89. The topological polar surface area (TPSA) is 17.1 Å². The summed E-state index contributed by atoms with van der Waals surface area (Å²) in [5, 5.41) is 2.01. The highest BCUT2D eigenvalue weighted by atomic mass is 32.1. The second-order valence-electron chi connectivity index (χ2n) is 3.93. The number of hydrogen-bond donors (Lipinski definition) is 0. The third-order valence-corrected chi connectivity index (χ3v) is 3.70. The molecule has 0 spiro atoms. The van der Waals surface area contributed by atoms with E-state index in [-0.39, 0.29) is 5.78 Å². The van der Waals surface area contributed by atoms with Crippen molar-refractivity contribution in [2.24, 2.45) is 0 Å². The van der Waals surface area contributed by atoms with Crippen molar-refractivity contribution in [3.8, 4) is 0 Å². The van der Waals surface area contributed by atoms with Crippen LogP contribution in [0.1, 0.15) is 26.4 Å². The number of carbonyl (C=O) groups excluding carboxylic acids is 1. The molecule has 16 heavy (non-hydrogen) atoms. The number of ketones is 1. The van der Waals surface area contributed by atoms with Gasteiger partial charge in [0.25, 0.3) is 0 Å². The predicted molar refractivity (Wildman–Crippen MR) is 68.3 cm³/mol. The highest BCUT2D eigenvalue weighted by molar-refractivity contribution is 7.10. The van der Waals surface area contributed by atoms with E-state index in [2.05, 4.69) is 0 Å². The number of rotatable bonds is 3.